The third-order valence-electron chi connectivity index (χ3n) is 6.63. The maximum Gasteiger partial charge on any atom is 0.274 e. The average Bonchev–Trinajstić information content (AvgIpc) is 3.49. The number of hydrogen-bond acceptors (Lipinski definition) is 3. The van der Waals surface area contributed by atoms with Gasteiger partial charge in [-0.2, -0.15) is 0 Å². The zero-order chi connectivity index (χ0) is 23.2. The summed E-state index contributed by atoms with van der Waals surface area (Å²) in [5.41, 5.74) is 5.54. The summed E-state index contributed by atoms with van der Waals surface area (Å²) >= 11 is 6.44. The number of alkyl halides is 1. The number of aromatic amines is 1. The molecule has 1 atom stereocenters. The standard InChI is InChI=1S/C28H22ClN3O2/c1-34-20-8-9-24-18(11-20)12-25(31-24)28(33)32-16-19(14-29)27-22-7-3-2-6-21(22)23(13-26(27)32)17-5-4-10-30-15-17/h2-13,15,19,31H,14,16H2,1H3. The third kappa shape index (κ3) is 3.24. The Morgan fingerprint density at radius 3 is 2.74 bits per heavy atom. The van der Waals surface area contributed by atoms with E-state index < -0.39 is 0 Å². The normalized spacial score (nSPS) is 15.1. The van der Waals surface area contributed by atoms with Crippen LogP contribution < -0.4 is 9.64 Å². The number of rotatable bonds is 4. The predicted molar refractivity (Wildman–Crippen MR) is 137 cm³/mol. The van der Waals surface area contributed by atoms with E-state index in [1.807, 2.05) is 59.6 Å². The molecule has 0 fully saturated rings. The molecular formula is C28H22ClN3O2. The minimum Gasteiger partial charge on any atom is -0.497 e. The lowest BCUT2D eigenvalue weighted by Crippen LogP contribution is -2.30. The van der Waals surface area contributed by atoms with Crippen LogP contribution in [-0.4, -0.2) is 35.4 Å². The van der Waals surface area contributed by atoms with E-state index in [9.17, 15) is 4.79 Å². The maximum absolute atomic E-state index is 13.8. The van der Waals surface area contributed by atoms with Gasteiger partial charge in [-0.3, -0.25) is 9.78 Å². The van der Waals surface area contributed by atoms with E-state index in [1.54, 1.807) is 13.3 Å². The number of carbonyl (C=O) groups is 1. The lowest BCUT2D eigenvalue weighted by Gasteiger charge is -2.19. The van der Waals surface area contributed by atoms with Crippen molar-refractivity contribution in [2.45, 2.75) is 5.92 Å². The molecule has 168 valence electrons. The van der Waals surface area contributed by atoms with Crippen molar-refractivity contribution in [3.8, 4) is 16.9 Å². The molecule has 0 spiro atoms. The molecule has 1 aliphatic rings. The Hall–Kier alpha value is -3.83. The maximum atomic E-state index is 13.8. The van der Waals surface area contributed by atoms with Gasteiger partial charge in [-0.05, 0) is 58.3 Å². The molecule has 5 aromatic rings. The van der Waals surface area contributed by atoms with Gasteiger partial charge in [-0.1, -0.05) is 30.3 Å². The van der Waals surface area contributed by atoms with Crippen LogP contribution in [0.5, 0.6) is 5.75 Å². The Bertz CT molecular complexity index is 1540. The molecule has 3 heterocycles. The van der Waals surface area contributed by atoms with Gasteiger partial charge in [-0.15, -0.1) is 11.6 Å². The van der Waals surface area contributed by atoms with Crippen molar-refractivity contribution in [1.82, 2.24) is 9.97 Å². The first kappa shape index (κ1) is 20.8. The first-order valence-corrected chi connectivity index (χ1v) is 11.7. The molecule has 3 aromatic carbocycles. The molecule has 6 heteroatoms. The SMILES string of the molecule is COc1ccc2[nH]c(C(=O)N3CC(CCl)c4c3cc(-c3cccnc3)c3ccccc43)cc2c1. The number of nitrogens with one attached hydrogen (secondary N) is 1. The molecule has 2 aromatic heterocycles. The number of ether oxygens (including phenoxy) is 1. The number of anilines is 1. The Kier molecular flexibility index (Phi) is 5.00. The number of pyridine rings is 1. The van der Waals surface area contributed by atoms with Crippen molar-refractivity contribution in [1.29, 1.82) is 0 Å². The Morgan fingerprint density at radius 2 is 1.97 bits per heavy atom. The Labute approximate surface area is 201 Å². The van der Waals surface area contributed by atoms with Gasteiger partial charge in [-0.25, -0.2) is 0 Å². The number of benzene rings is 3. The van der Waals surface area contributed by atoms with Crippen LogP contribution in [0.25, 0.3) is 32.8 Å². The molecule has 34 heavy (non-hydrogen) atoms. The summed E-state index contributed by atoms with van der Waals surface area (Å²) in [6.45, 7) is 0.539. The summed E-state index contributed by atoms with van der Waals surface area (Å²) in [4.78, 5) is 23.2. The second-order valence-corrected chi connectivity index (χ2v) is 8.86. The van der Waals surface area contributed by atoms with Crippen LogP contribution in [0.4, 0.5) is 5.69 Å². The number of hydrogen-bond donors (Lipinski definition) is 1. The highest BCUT2D eigenvalue weighted by Crippen LogP contribution is 2.46. The van der Waals surface area contributed by atoms with Gasteiger partial charge in [0.15, 0.2) is 0 Å². The van der Waals surface area contributed by atoms with Crippen molar-refractivity contribution in [2.24, 2.45) is 0 Å². The second kappa shape index (κ2) is 8.19. The topological polar surface area (TPSA) is 58.2 Å². The minimum atomic E-state index is -0.0727. The molecule has 1 amide bonds. The van der Waals surface area contributed by atoms with Crippen LogP contribution in [0, 0.1) is 0 Å². The zero-order valence-electron chi connectivity index (χ0n) is 18.6. The highest BCUT2D eigenvalue weighted by molar-refractivity contribution is 6.19. The fraction of sp³-hybridized carbons (Fsp3) is 0.143. The molecule has 6 rings (SSSR count). The first-order valence-electron chi connectivity index (χ1n) is 11.2. The highest BCUT2D eigenvalue weighted by Gasteiger charge is 2.35. The minimum absolute atomic E-state index is 0.0536. The van der Waals surface area contributed by atoms with Crippen molar-refractivity contribution in [3.05, 3.63) is 90.4 Å². The van der Waals surface area contributed by atoms with Gasteiger partial charge >= 0.3 is 0 Å². The second-order valence-electron chi connectivity index (χ2n) is 8.55. The highest BCUT2D eigenvalue weighted by atomic mass is 35.5. The summed E-state index contributed by atoms with van der Waals surface area (Å²) in [7, 11) is 1.64. The fourth-order valence-corrected chi connectivity index (χ4v) is 5.27. The molecule has 0 saturated carbocycles. The van der Waals surface area contributed by atoms with E-state index in [-0.39, 0.29) is 11.8 Å². The van der Waals surface area contributed by atoms with Crippen LogP contribution in [0.1, 0.15) is 22.0 Å². The number of fused-ring (bicyclic) bond motifs is 4. The van der Waals surface area contributed by atoms with Gasteiger partial charge < -0.3 is 14.6 Å². The molecule has 0 aliphatic carbocycles. The smallest absolute Gasteiger partial charge is 0.274 e. The summed E-state index contributed by atoms with van der Waals surface area (Å²) in [6.07, 6.45) is 3.63. The molecule has 0 saturated heterocycles. The van der Waals surface area contributed by atoms with Crippen LogP contribution in [-0.2, 0) is 0 Å². The summed E-state index contributed by atoms with van der Waals surface area (Å²) in [6, 6.07) is 22.0. The van der Waals surface area contributed by atoms with Crippen molar-refractivity contribution >= 4 is 44.9 Å². The summed E-state index contributed by atoms with van der Waals surface area (Å²) in [5, 5.41) is 3.20. The van der Waals surface area contributed by atoms with Crippen LogP contribution in [0.3, 0.4) is 0 Å². The quantitative estimate of drug-likeness (QED) is 0.312. The van der Waals surface area contributed by atoms with E-state index in [0.29, 0.717) is 18.1 Å². The fourth-order valence-electron chi connectivity index (χ4n) is 5.02. The largest absolute Gasteiger partial charge is 0.497 e. The van der Waals surface area contributed by atoms with Gasteiger partial charge in [0.25, 0.3) is 5.91 Å². The lowest BCUT2D eigenvalue weighted by molar-refractivity contribution is 0.0984. The van der Waals surface area contributed by atoms with Crippen molar-refractivity contribution < 1.29 is 9.53 Å². The number of carbonyl (C=O) groups excluding carboxylic acids is 1. The summed E-state index contributed by atoms with van der Waals surface area (Å²) in [5.74, 6) is 1.18. The number of nitrogens with zero attached hydrogens (tertiary/aromatic N) is 2. The predicted octanol–water partition coefficient (Wildman–Crippen LogP) is 6.37. The van der Waals surface area contributed by atoms with Crippen molar-refractivity contribution in [2.75, 3.05) is 24.4 Å². The summed E-state index contributed by atoms with van der Waals surface area (Å²) < 4.78 is 5.33. The number of methoxy groups -OCH3 is 1. The first-order chi connectivity index (χ1) is 16.7. The van der Waals surface area contributed by atoms with Gasteiger partial charge in [0.05, 0.1) is 7.11 Å². The van der Waals surface area contributed by atoms with Gasteiger partial charge in [0, 0.05) is 52.9 Å². The van der Waals surface area contributed by atoms with Crippen LogP contribution in [0.15, 0.2) is 79.1 Å². The average molecular weight is 468 g/mol. The molecule has 0 bridgehead atoms. The van der Waals surface area contributed by atoms with Gasteiger partial charge in [0.1, 0.15) is 11.4 Å². The van der Waals surface area contributed by atoms with Crippen LogP contribution in [0.2, 0.25) is 0 Å². The molecule has 0 radical (unpaired) electrons. The number of aromatic nitrogens is 2. The van der Waals surface area contributed by atoms with E-state index in [1.165, 1.54) is 0 Å². The Balaban J connectivity index is 1.52. The van der Waals surface area contributed by atoms with E-state index >= 15 is 0 Å². The number of halogens is 1. The van der Waals surface area contributed by atoms with E-state index in [0.717, 1.165) is 49.8 Å². The molecule has 1 unspecified atom stereocenters. The zero-order valence-corrected chi connectivity index (χ0v) is 19.3. The van der Waals surface area contributed by atoms with Crippen molar-refractivity contribution in [3.63, 3.8) is 0 Å². The van der Waals surface area contributed by atoms with E-state index in [2.05, 4.69) is 28.2 Å². The van der Waals surface area contributed by atoms with Gasteiger partial charge in [0.2, 0.25) is 0 Å². The third-order valence-corrected chi connectivity index (χ3v) is 7.00. The molecule has 1 aliphatic heterocycles. The lowest BCUT2D eigenvalue weighted by atomic mass is 9.91. The molecule has 5 nitrogen and oxygen atoms in total. The molecule has 1 N–H and O–H groups in total. The Morgan fingerprint density at radius 1 is 1.12 bits per heavy atom. The monoisotopic (exact) mass is 467 g/mol. The number of amides is 1. The number of H-pyrrole nitrogens is 1. The van der Waals surface area contributed by atoms with Crippen LogP contribution >= 0.6 is 11.6 Å². The molecular weight excluding hydrogens is 446 g/mol. The van der Waals surface area contributed by atoms with E-state index in [4.69, 9.17) is 16.3 Å².